The molecule has 1 heterocycles. The molecule has 0 fully saturated rings. The minimum absolute atomic E-state index is 0.0126. The van der Waals surface area contributed by atoms with E-state index < -0.39 is 5.97 Å². The van der Waals surface area contributed by atoms with Crippen molar-refractivity contribution in [3.8, 4) is 0 Å². The molecule has 140 valence electrons. The molecule has 4 heteroatoms. The Kier molecular flexibility index (Phi) is 4.54. The number of ketones is 1. The fourth-order valence-electron chi connectivity index (χ4n) is 3.30. The van der Waals surface area contributed by atoms with Crippen molar-refractivity contribution in [2.75, 3.05) is 0 Å². The maximum Gasteiger partial charge on any atom is 0.368 e. The zero-order valence-electron chi connectivity index (χ0n) is 16.7. The molecule has 0 bridgehead atoms. The highest BCUT2D eigenvalue weighted by Gasteiger charge is 2.37. The van der Waals surface area contributed by atoms with Gasteiger partial charge in [0.05, 0.1) is 5.57 Å². The Morgan fingerprint density at radius 3 is 1.96 bits per heavy atom. The Bertz CT molecular complexity index is 930. The quantitative estimate of drug-likeness (QED) is 0.533. The van der Waals surface area contributed by atoms with Crippen molar-refractivity contribution in [1.82, 2.24) is 0 Å². The number of carbonyl (C=O) groups excluding carboxylic acids is 2. The van der Waals surface area contributed by atoms with Crippen LogP contribution in [0.15, 0.2) is 69.9 Å². The predicted octanol–water partition coefficient (Wildman–Crippen LogP) is 4.77. The molecule has 1 aromatic carbocycles. The highest BCUT2D eigenvalue weighted by atomic mass is 16.7. The van der Waals surface area contributed by atoms with Gasteiger partial charge in [-0.2, -0.15) is 0 Å². The molecule has 1 aliphatic carbocycles. The SMILES string of the molecule is CC(C)(C)C1=CC(=C2C(=O)ON=C2c2ccccc2)C(C(C)(C)C)=CC1=O. The third-order valence-corrected chi connectivity index (χ3v) is 4.71. The highest BCUT2D eigenvalue weighted by molar-refractivity contribution is 6.30. The minimum Gasteiger partial charge on any atom is -0.312 e. The molecule has 0 saturated heterocycles. The van der Waals surface area contributed by atoms with E-state index in [0.717, 1.165) is 16.7 Å². The molecule has 4 nitrogen and oxygen atoms in total. The number of benzene rings is 1. The molecular weight excluding hydrogens is 338 g/mol. The second-order valence-corrected chi connectivity index (χ2v) is 8.95. The molecular formula is C23H25NO3. The summed E-state index contributed by atoms with van der Waals surface area (Å²) in [6.45, 7) is 12.1. The normalized spacial score (nSPS) is 20.9. The largest absolute Gasteiger partial charge is 0.368 e. The van der Waals surface area contributed by atoms with Crippen LogP contribution in [0.3, 0.4) is 0 Å². The predicted molar refractivity (Wildman–Crippen MR) is 106 cm³/mol. The maximum atomic E-state index is 12.8. The van der Waals surface area contributed by atoms with Gasteiger partial charge in [-0.1, -0.05) is 77.0 Å². The van der Waals surface area contributed by atoms with Gasteiger partial charge in [0.25, 0.3) is 0 Å². The first kappa shape index (κ1) is 19.0. The summed E-state index contributed by atoms with van der Waals surface area (Å²) in [5.74, 6) is -0.501. The second-order valence-electron chi connectivity index (χ2n) is 8.95. The standard InChI is InChI=1S/C23H25NO3/c1-22(2,3)16-13-18(25)17(23(4,5)6)12-15(16)19-20(24-27-21(19)26)14-10-8-7-9-11-14/h7-13H,1-6H3. The van der Waals surface area contributed by atoms with Crippen molar-refractivity contribution < 1.29 is 14.4 Å². The lowest BCUT2D eigenvalue weighted by atomic mass is 9.71. The fourth-order valence-corrected chi connectivity index (χ4v) is 3.30. The summed E-state index contributed by atoms with van der Waals surface area (Å²) in [5.41, 5.74) is 3.28. The van der Waals surface area contributed by atoms with Gasteiger partial charge in [-0.15, -0.1) is 0 Å². The average Bonchev–Trinajstić information content (AvgIpc) is 2.95. The summed E-state index contributed by atoms with van der Waals surface area (Å²) in [5, 5.41) is 4.03. The van der Waals surface area contributed by atoms with E-state index >= 15 is 0 Å². The number of hydrogen-bond acceptors (Lipinski definition) is 4. The van der Waals surface area contributed by atoms with E-state index in [4.69, 9.17) is 4.84 Å². The van der Waals surface area contributed by atoms with Crippen molar-refractivity contribution in [1.29, 1.82) is 0 Å². The summed E-state index contributed by atoms with van der Waals surface area (Å²) in [4.78, 5) is 30.5. The number of allylic oxidation sites excluding steroid dienone is 5. The van der Waals surface area contributed by atoms with Gasteiger partial charge in [-0.3, -0.25) is 4.79 Å². The van der Waals surface area contributed by atoms with Crippen LogP contribution in [0.2, 0.25) is 0 Å². The van der Waals surface area contributed by atoms with Crippen LogP contribution in [0.5, 0.6) is 0 Å². The van der Waals surface area contributed by atoms with E-state index in [1.807, 2.05) is 78.0 Å². The van der Waals surface area contributed by atoms with Gasteiger partial charge in [0, 0.05) is 11.1 Å². The first-order chi connectivity index (χ1) is 12.5. The summed E-state index contributed by atoms with van der Waals surface area (Å²) >= 11 is 0. The Balaban J connectivity index is 2.29. The van der Waals surface area contributed by atoms with Gasteiger partial charge in [0.1, 0.15) is 5.71 Å². The molecule has 0 unspecified atom stereocenters. The molecule has 0 N–H and O–H groups in total. The third-order valence-electron chi connectivity index (χ3n) is 4.71. The molecule has 0 radical (unpaired) electrons. The van der Waals surface area contributed by atoms with Crippen LogP contribution in [0.4, 0.5) is 0 Å². The van der Waals surface area contributed by atoms with E-state index in [9.17, 15) is 9.59 Å². The van der Waals surface area contributed by atoms with E-state index in [1.165, 1.54) is 0 Å². The Morgan fingerprint density at radius 2 is 1.41 bits per heavy atom. The molecule has 0 spiro atoms. The lowest BCUT2D eigenvalue weighted by molar-refractivity contribution is -0.136. The van der Waals surface area contributed by atoms with Crippen molar-refractivity contribution in [3.05, 3.63) is 70.3 Å². The van der Waals surface area contributed by atoms with Gasteiger partial charge in [0.2, 0.25) is 0 Å². The van der Waals surface area contributed by atoms with Crippen LogP contribution >= 0.6 is 0 Å². The molecule has 0 aromatic heterocycles. The molecule has 0 saturated carbocycles. The number of rotatable bonds is 1. The van der Waals surface area contributed by atoms with Crippen molar-refractivity contribution in [3.63, 3.8) is 0 Å². The molecule has 27 heavy (non-hydrogen) atoms. The molecule has 2 aliphatic rings. The van der Waals surface area contributed by atoms with Gasteiger partial charge in [-0.05, 0) is 34.1 Å². The molecule has 1 aromatic rings. The molecule has 3 rings (SSSR count). The average molecular weight is 363 g/mol. The fraction of sp³-hybridized carbons (Fsp3) is 0.348. The number of nitrogens with zero attached hydrogens (tertiary/aromatic N) is 1. The summed E-state index contributed by atoms with van der Waals surface area (Å²) < 4.78 is 0. The Labute approximate surface area is 160 Å². The zero-order valence-corrected chi connectivity index (χ0v) is 16.7. The monoisotopic (exact) mass is 363 g/mol. The zero-order chi connectivity index (χ0) is 20.0. The second kappa shape index (κ2) is 6.45. The van der Waals surface area contributed by atoms with E-state index in [1.54, 1.807) is 6.08 Å². The van der Waals surface area contributed by atoms with Crippen LogP contribution in [0.1, 0.15) is 47.1 Å². The van der Waals surface area contributed by atoms with Crippen LogP contribution < -0.4 is 0 Å². The van der Waals surface area contributed by atoms with E-state index in [2.05, 4.69) is 5.16 Å². The molecule has 0 atom stereocenters. The van der Waals surface area contributed by atoms with Gasteiger partial charge >= 0.3 is 5.97 Å². The smallest absolute Gasteiger partial charge is 0.312 e. The van der Waals surface area contributed by atoms with Gasteiger partial charge in [0.15, 0.2) is 5.78 Å². The van der Waals surface area contributed by atoms with Crippen LogP contribution in [-0.4, -0.2) is 17.5 Å². The Hall–Kier alpha value is -2.75. The van der Waals surface area contributed by atoms with Gasteiger partial charge < -0.3 is 4.84 Å². The van der Waals surface area contributed by atoms with Crippen molar-refractivity contribution in [2.24, 2.45) is 16.0 Å². The topological polar surface area (TPSA) is 55.7 Å². The molecule has 0 amide bonds. The summed E-state index contributed by atoms with van der Waals surface area (Å²) in [7, 11) is 0. The third kappa shape index (κ3) is 3.57. The Morgan fingerprint density at radius 1 is 0.815 bits per heavy atom. The highest BCUT2D eigenvalue weighted by Crippen LogP contribution is 2.42. The first-order valence-electron chi connectivity index (χ1n) is 9.08. The van der Waals surface area contributed by atoms with E-state index in [0.29, 0.717) is 16.9 Å². The van der Waals surface area contributed by atoms with Crippen LogP contribution in [0.25, 0.3) is 0 Å². The lowest BCUT2D eigenvalue weighted by Gasteiger charge is -2.31. The van der Waals surface area contributed by atoms with Crippen LogP contribution in [0, 0.1) is 10.8 Å². The number of carbonyl (C=O) groups is 2. The molecule has 1 aliphatic heterocycles. The van der Waals surface area contributed by atoms with Crippen molar-refractivity contribution in [2.45, 2.75) is 41.5 Å². The van der Waals surface area contributed by atoms with Gasteiger partial charge in [-0.25, -0.2) is 4.79 Å². The van der Waals surface area contributed by atoms with Crippen molar-refractivity contribution >= 4 is 17.5 Å². The summed E-state index contributed by atoms with van der Waals surface area (Å²) in [6.07, 6.45) is 3.51. The maximum absolute atomic E-state index is 12.8. The van der Waals surface area contributed by atoms with Crippen LogP contribution in [-0.2, 0) is 14.4 Å². The van der Waals surface area contributed by atoms with E-state index in [-0.39, 0.29) is 16.6 Å². The first-order valence-corrected chi connectivity index (χ1v) is 9.08. The lowest BCUT2D eigenvalue weighted by Crippen LogP contribution is -2.25. The minimum atomic E-state index is -0.488. The summed E-state index contributed by atoms with van der Waals surface area (Å²) in [6, 6.07) is 9.48. The number of oxime groups is 1. The number of hydrogen-bond donors (Lipinski definition) is 0.